The Kier molecular flexibility index (Phi) is 4.01. The molecule has 0 saturated heterocycles. The van der Waals surface area contributed by atoms with E-state index in [9.17, 15) is 0 Å². The zero-order chi connectivity index (χ0) is 15.4. The summed E-state index contributed by atoms with van der Waals surface area (Å²) in [6, 6.07) is 18.6. The Balaban J connectivity index is 1.86. The molecule has 0 radical (unpaired) electrons. The lowest BCUT2D eigenvalue weighted by Gasteiger charge is -2.08. The minimum absolute atomic E-state index is 0.577. The number of hydrogen-bond donors (Lipinski definition) is 2. The van der Waals surface area contributed by atoms with E-state index >= 15 is 0 Å². The largest absolute Gasteiger partial charge is 0.373 e. The number of nitrogens with zero attached hydrogens (tertiary/aromatic N) is 2. The summed E-state index contributed by atoms with van der Waals surface area (Å²) in [6.07, 6.45) is 1.73. The molecule has 0 saturated carbocycles. The third-order valence-corrected chi connectivity index (χ3v) is 3.42. The molecule has 0 aliphatic carbocycles. The van der Waals surface area contributed by atoms with Gasteiger partial charge in [-0.3, -0.25) is 0 Å². The Hall–Kier alpha value is -2.88. The number of aryl methyl sites for hydroxylation is 1. The molecule has 0 bridgehead atoms. The molecule has 1 aromatic heterocycles. The van der Waals surface area contributed by atoms with Crippen LogP contribution < -0.4 is 10.6 Å². The lowest BCUT2D eigenvalue weighted by atomic mass is 10.0. The molecule has 0 spiro atoms. The van der Waals surface area contributed by atoms with Gasteiger partial charge in [0.15, 0.2) is 0 Å². The SMILES string of the molecule is CNc1ccnc(Nc2cccc(-c3ccc(C)cc3)c2)n1. The van der Waals surface area contributed by atoms with E-state index in [0.29, 0.717) is 5.95 Å². The highest BCUT2D eigenvalue weighted by atomic mass is 15.1. The minimum atomic E-state index is 0.577. The zero-order valence-electron chi connectivity index (χ0n) is 12.7. The van der Waals surface area contributed by atoms with Crippen LogP contribution in [0.25, 0.3) is 11.1 Å². The van der Waals surface area contributed by atoms with Gasteiger partial charge in [0.1, 0.15) is 5.82 Å². The van der Waals surface area contributed by atoms with Crippen LogP contribution in [0, 0.1) is 6.92 Å². The van der Waals surface area contributed by atoms with Crippen LogP contribution >= 0.6 is 0 Å². The zero-order valence-corrected chi connectivity index (χ0v) is 12.7. The van der Waals surface area contributed by atoms with Crippen LogP contribution in [-0.2, 0) is 0 Å². The summed E-state index contributed by atoms with van der Waals surface area (Å²) in [5, 5.41) is 6.24. The molecule has 0 atom stereocenters. The van der Waals surface area contributed by atoms with E-state index in [0.717, 1.165) is 17.1 Å². The van der Waals surface area contributed by atoms with Crippen molar-refractivity contribution in [2.75, 3.05) is 17.7 Å². The number of rotatable bonds is 4. The summed E-state index contributed by atoms with van der Waals surface area (Å²) >= 11 is 0. The molecule has 4 heteroatoms. The first kappa shape index (κ1) is 14.1. The van der Waals surface area contributed by atoms with Gasteiger partial charge in [-0.2, -0.15) is 4.98 Å². The van der Waals surface area contributed by atoms with Crippen molar-refractivity contribution in [1.82, 2.24) is 9.97 Å². The van der Waals surface area contributed by atoms with Crippen LogP contribution in [0.4, 0.5) is 17.5 Å². The molecular weight excluding hydrogens is 272 g/mol. The summed E-state index contributed by atoms with van der Waals surface area (Å²) in [4.78, 5) is 8.60. The second-order valence-corrected chi connectivity index (χ2v) is 5.09. The first-order valence-electron chi connectivity index (χ1n) is 7.19. The van der Waals surface area contributed by atoms with E-state index in [-0.39, 0.29) is 0 Å². The first-order chi connectivity index (χ1) is 10.7. The molecule has 3 rings (SSSR count). The molecule has 0 aliphatic rings. The first-order valence-corrected chi connectivity index (χ1v) is 7.19. The van der Waals surface area contributed by atoms with Crippen LogP contribution in [0.1, 0.15) is 5.56 Å². The average Bonchev–Trinajstić information content (AvgIpc) is 2.56. The topological polar surface area (TPSA) is 49.8 Å². The van der Waals surface area contributed by atoms with Gasteiger partial charge in [0.05, 0.1) is 0 Å². The molecule has 2 N–H and O–H groups in total. The minimum Gasteiger partial charge on any atom is -0.373 e. The Morgan fingerprint density at radius 1 is 0.909 bits per heavy atom. The summed E-state index contributed by atoms with van der Waals surface area (Å²) in [7, 11) is 1.84. The second-order valence-electron chi connectivity index (χ2n) is 5.09. The van der Waals surface area contributed by atoms with Crippen LogP contribution in [0.2, 0.25) is 0 Å². The number of nitrogens with one attached hydrogen (secondary N) is 2. The van der Waals surface area contributed by atoms with Gasteiger partial charge < -0.3 is 10.6 Å². The highest BCUT2D eigenvalue weighted by molar-refractivity contribution is 5.69. The van der Waals surface area contributed by atoms with Gasteiger partial charge in [0, 0.05) is 18.9 Å². The molecular formula is C18H18N4. The van der Waals surface area contributed by atoms with E-state index < -0.39 is 0 Å². The van der Waals surface area contributed by atoms with Crippen molar-refractivity contribution in [2.24, 2.45) is 0 Å². The van der Waals surface area contributed by atoms with Crippen molar-refractivity contribution < 1.29 is 0 Å². The summed E-state index contributed by atoms with van der Waals surface area (Å²) < 4.78 is 0. The number of hydrogen-bond acceptors (Lipinski definition) is 4. The van der Waals surface area contributed by atoms with Gasteiger partial charge >= 0.3 is 0 Å². The van der Waals surface area contributed by atoms with Gasteiger partial charge in [-0.1, -0.05) is 42.0 Å². The Bertz CT molecular complexity index is 766. The van der Waals surface area contributed by atoms with Crippen molar-refractivity contribution in [1.29, 1.82) is 0 Å². The van der Waals surface area contributed by atoms with Crippen molar-refractivity contribution in [2.45, 2.75) is 6.92 Å². The molecule has 0 unspecified atom stereocenters. The summed E-state index contributed by atoms with van der Waals surface area (Å²) in [5.41, 5.74) is 4.58. The van der Waals surface area contributed by atoms with E-state index in [1.807, 2.05) is 25.2 Å². The van der Waals surface area contributed by atoms with Crippen LogP contribution in [0.15, 0.2) is 60.8 Å². The fraction of sp³-hybridized carbons (Fsp3) is 0.111. The number of anilines is 3. The Morgan fingerprint density at radius 2 is 1.73 bits per heavy atom. The quantitative estimate of drug-likeness (QED) is 0.754. The maximum atomic E-state index is 4.37. The summed E-state index contributed by atoms with van der Waals surface area (Å²) in [6.45, 7) is 2.09. The standard InChI is InChI=1S/C18H18N4/c1-13-6-8-14(9-7-13)15-4-3-5-16(12-15)21-18-20-11-10-17(19-2)22-18/h3-12H,1-2H3,(H2,19,20,21,22). The molecule has 2 aromatic carbocycles. The van der Waals surface area contributed by atoms with Crippen LogP contribution in [-0.4, -0.2) is 17.0 Å². The van der Waals surface area contributed by atoms with Crippen molar-refractivity contribution >= 4 is 17.5 Å². The lowest BCUT2D eigenvalue weighted by molar-refractivity contribution is 1.16. The van der Waals surface area contributed by atoms with E-state index in [1.165, 1.54) is 11.1 Å². The maximum absolute atomic E-state index is 4.37. The normalized spacial score (nSPS) is 10.3. The van der Waals surface area contributed by atoms with Crippen molar-refractivity contribution in [3.8, 4) is 11.1 Å². The van der Waals surface area contributed by atoms with Gasteiger partial charge in [-0.15, -0.1) is 0 Å². The monoisotopic (exact) mass is 290 g/mol. The molecule has 0 amide bonds. The van der Waals surface area contributed by atoms with Gasteiger partial charge in [0.2, 0.25) is 5.95 Å². The lowest BCUT2D eigenvalue weighted by Crippen LogP contribution is -2.00. The predicted molar refractivity (Wildman–Crippen MR) is 91.5 cm³/mol. The molecule has 22 heavy (non-hydrogen) atoms. The molecule has 3 aromatic rings. The maximum Gasteiger partial charge on any atom is 0.229 e. The molecule has 1 heterocycles. The van der Waals surface area contributed by atoms with Crippen LogP contribution in [0.3, 0.4) is 0 Å². The van der Waals surface area contributed by atoms with Gasteiger partial charge in [-0.25, -0.2) is 4.98 Å². The highest BCUT2D eigenvalue weighted by Gasteiger charge is 2.02. The Labute approximate surface area is 130 Å². The van der Waals surface area contributed by atoms with Gasteiger partial charge in [0.25, 0.3) is 0 Å². The fourth-order valence-electron chi connectivity index (χ4n) is 2.21. The smallest absolute Gasteiger partial charge is 0.229 e. The van der Waals surface area contributed by atoms with E-state index in [1.54, 1.807) is 6.20 Å². The average molecular weight is 290 g/mol. The van der Waals surface area contributed by atoms with E-state index in [2.05, 4.69) is 63.9 Å². The van der Waals surface area contributed by atoms with Crippen molar-refractivity contribution in [3.05, 3.63) is 66.4 Å². The third kappa shape index (κ3) is 3.23. The summed E-state index contributed by atoms with van der Waals surface area (Å²) in [5.74, 6) is 1.36. The molecule has 110 valence electrons. The molecule has 0 aliphatic heterocycles. The van der Waals surface area contributed by atoms with E-state index in [4.69, 9.17) is 0 Å². The van der Waals surface area contributed by atoms with Crippen molar-refractivity contribution in [3.63, 3.8) is 0 Å². The predicted octanol–water partition coefficient (Wildman–Crippen LogP) is 4.24. The Morgan fingerprint density at radius 3 is 2.50 bits per heavy atom. The fourth-order valence-corrected chi connectivity index (χ4v) is 2.21. The molecule has 4 nitrogen and oxygen atoms in total. The highest BCUT2D eigenvalue weighted by Crippen LogP contribution is 2.24. The molecule has 0 fully saturated rings. The number of benzene rings is 2. The van der Waals surface area contributed by atoms with Crippen LogP contribution in [0.5, 0.6) is 0 Å². The number of aromatic nitrogens is 2. The second kappa shape index (κ2) is 6.26. The van der Waals surface area contributed by atoms with Gasteiger partial charge in [-0.05, 0) is 36.2 Å². The third-order valence-electron chi connectivity index (χ3n) is 3.42.